The van der Waals surface area contributed by atoms with Gasteiger partial charge in [0.25, 0.3) is 0 Å². The molecule has 0 unspecified atom stereocenters. The lowest BCUT2D eigenvalue weighted by Crippen LogP contribution is -2.68. The predicted molar refractivity (Wildman–Crippen MR) is 65.8 cm³/mol. The van der Waals surface area contributed by atoms with Crippen LogP contribution < -0.4 is 5.73 Å². The molecule has 2 aliphatic rings. The van der Waals surface area contributed by atoms with Crippen LogP contribution in [0.1, 0.15) is 6.92 Å². The van der Waals surface area contributed by atoms with E-state index in [4.69, 9.17) is 5.73 Å². The minimum atomic E-state index is -1.15. The highest BCUT2D eigenvalue weighted by Gasteiger charge is 2.52. The molecule has 0 radical (unpaired) electrons. The Morgan fingerprint density at radius 1 is 1.67 bits per heavy atom. The van der Waals surface area contributed by atoms with Crippen molar-refractivity contribution in [2.75, 3.05) is 12.9 Å². The van der Waals surface area contributed by atoms with Crippen molar-refractivity contribution in [3.05, 3.63) is 11.3 Å². The summed E-state index contributed by atoms with van der Waals surface area (Å²) in [6.07, 6.45) is 0. The van der Waals surface area contributed by atoms with E-state index in [0.29, 0.717) is 17.0 Å². The first-order chi connectivity index (χ1) is 8.49. The van der Waals surface area contributed by atoms with Crippen LogP contribution in [0.15, 0.2) is 16.4 Å². The minimum absolute atomic E-state index is 0.0382. The Balaban J connectivity index is 2.44. The molecular formula is C10H13N3O4S. The van der Waals surface area contributed by atoms with Gasteiger partial charge in [0.05, 0.1) is 5.71 Å². The molecule has 7 nitrogen and oxygen atoms in total. The van der Waals surface area contributed by atoms with Crippen LogP contribution in [0.25, 0.3) is 0 Å². The lowest BCUT2D eigenvalue weighted by molar-refractivity contribution is -0.147. The quantitative estimate of drug-likeness (QED) is 0.411. The van der Waals surface area contributed by atoms with E-state index in [2.05, 4.69) is 9.99 Å². The Kier molecular flexibility index (Phi) is 3.31. The Morgan fingerprint density at radius 2 is 2.33 bits per heavy atom. The molecule has 0 aromatic carbocycles. The van der Waals surface area contributed by atoms with E-state index in [-0.39, 0.29) is 17.0 Å². The molecule has 0 aliphatic carbocycles. The van der Waals surface area contributed by atoms with Gasteiger partial charge in [0, 0.05) is 11.3 Å². The van der Waals surface area contributed by atoms with Gasteiger partial charge >= 0.3 is 5.97 Å². The molecule has 1 fully saturated rings. The number of carbonyl (C=O) groups is 2. The molecule has 2 atom stereocenters. The van der Waals surface area contributed by atoms with Gasteiger partial charge in [0.15, 0.2) is 0 Å². The molecule has 1 amide bonds. The van der Waals surface area contributed by atoms with Crippen LogP contribution in [0, 0.1) is 0 Å². The third-order valence-corrected chi connectivity index (χ3v) is 4.18. The zero-order valence-electron chi connectivity index (χ0n) is 9.91. The van der Waals surface area contributed by atoms with E-state index >= 15 is 0 Å². The van der Waals surface area contributed by atoms with Gasteiger partial charge in [0.2, 0.25) is 5.91 Å². The number of aliphatic carboxylic acids is 1. The zero-order valence-corrected chi connectivity index (χ0v) is 10.7. The van der Waals surface area contributed by atoms with Crippen molar-refractivity contribution in [2.24, 2.45) is 10.9 Å². The van der Waals surface area contributed by atoms with E-state index in [0.717, 1.165) is 0 Å². The zero-order chi connectivity index (χ0) is 13.4. The highest BCUT2D eigenvalue weighted by molar-refractivity contribution is 8.00. The van der Waals surface area contributed by atoms with E-state index in [9.17, 15) is 14.7 Å². The van der Waals surface area contributed by atoms with E-state index < -0.39 is 12.0 Å². The number of oxime groups is 1. The number of hydrogen-bond acceptors (Lipinski definition) is 6. The summed E-state index contributed by atoms with van der Waals surface area (Å²) in [5.74, 6) is -1.07. The molecular weight excluding hydrogens is 258 g/mol. The lowest BCUT2D eigenvalue weighted by Gasteiger charge is -2.47. The van der Waals surface area contributed by atoms with Crippen molar-refractivity contribution in [3.63, 3.8) is 0 Å². The normalized spacial score (nSPS) is 27.8. The van der Waals surface area contributed by atoms with Crippen LogP contribution in [-0.4, -0.2) is 51.9 Å². The van der Waals surface area contributed by atoms with Crippen LogP contribution in [-0.2, 0) is 14.4 Å². The molecule has 0 saturated carbocycles. The fourth-order valence-electron chi connectivity index (χ4n) is 1.98. The topological polar surface area (TPSA) is 105 Å². The molecule has 0 aromatic rings. The van der Waals surface area contributed by atoms with Gasteiger partial charge in [-0.25, -0.2) is 4.79 Å². The number of fused-ring (bicyclic) bond motifs is 1. The number of hydrogen-bond donors (Lipinski definition) is 2. The van der Waals surface area contributed by atoms with E-state index in [1.807, 2.05) is 0 Å². The van der Waals surface area contributed by atoms with Crippen LogP contribution >= 0.6 is 11.8 Å². The third kappa shape index (κ3) is 1.77. The third-order valence-electron chi connectivity index (χ3n) is 2.88. The molecule has 0 aromatic heterocycles. The maximum absolute atomic E-state index is 11.7. The first kappa shape index (κ1) is 12.9. The highest BCUT2D eigenvalue weighted by atomic mass is 32.2. The molecule has 2 rings (SSSR count). The van der Waals surface area contributed by atoms with Crippen molar-refractivity contribution in [1.29, 1.82) is 0 Å². The molecule has 98 valence electrons. The average molecular weight is 271 g/mol. The van der Waals surface area contributed by atoms with Crippen LogP contribution in [0.4, 0.5) is 0 Å². The Bertz CT molecular complexity index is 474. The molecule has 0 bridgehead atoms. The van der Waals surface area contributed by atoms with Gasteiger partial charge in [-0.2, -0.15) is 0 Å². The lowest BCUT2D eigenvalue weighted by atomic mass is 10.0. The van der Waals surface area contributed by atoms with Crippen molar-refractivity contribution >= 4 is 29.4 Å². The van der Waals surface area contributed by atoms with Crippen LogP contribution in [0.3, 0.4) is 0 Å². The summed E-state index contributed by atoms with van der Waals surface area (Å²) in [5, 5.41) is 12.7. The molecule has 8 heteroatoms. The van der Waals surface area contributed by atoms with Gasteiger partial charge in [-0.1, -0.05) is 5.16 Å². The Labute approximate surface area is 108 Å². The van der Waals surface area contributed by atoms with E-state index in [1.54, 1.807) is 6.92 Å². The fraction of sp³-hybridized carbons (Fsp3) is 0.500. The van der Waals surface area contributed by atoms with Crippen LogP contribution in [0.5, 0.6) is 0 Å². The number of nitrogens with two attached hydrogens (primary N) is 1. The number of rotatable bonds is 3. The number of carboxylic acid groups (broad SMARTS) is 1. The fourth-order valence-corrected chi connectivity index (χ4v) is 3.35. The first-order valence-electron chi connectivity index (χ1n) is 5.23. The van der Waals surface area contributed by atoms with Gasteiger partial charge in [0.1, 0.15) is 24.2 Å². The number of thioether (sulfide) groups is 1. The van der Waals surface area contributed by atoms with Gasteiger partial charge in [-0.05, 0) is 6.92 Å². The number of amides is 1. The van der Waals surface area contributed by atoms with Gasteiger partial charge in [-0.15, -0.1) is 11.8 Å². The summed E-state index contributed by atoms with van der Waals surface area (Å²) in [7, 11) is 1.38. The number of nitrogens with zero attached hydrogens (tertiary/aromatic N) is 2. The molecule has 2 heterocycles. The van der Waals surface area contributed by atoms with Crippen molar-refractivity contribution in [2.45, 2.75) is 18.3 Å². The summed E-state index contributed by atoms with van der Waals surface area (Å²) < 4.78 is 0. The molecule has 2 aliphatic heterocycles. The summed E-state index contributed by atoms with van der Waals surface area (Å²) in [4.78, 5) is 28.8. The highest BCUT2D eigenvalue weighted by Crippen LogP contribution is 2.39. The van der Waals surface area contributed by atoms with Crippen molar-refractivity contribution in [3.8, 4) is 0 Å². The molecule has 3 N–H and O–H groups in total. The maximum atomic E-state index is 11.7. The van der Waals surface area contributed by atoms with Gasteiger partial charge < -0.3 is 15.7 Å². The SMILES string of the molecule is CON=C(C)C1=C(C(=O)O)N2C(=O)[C@@H](N)[C@@H]2SC1. The summed E-state index contributed by atoms with van der Waals surface area (Å²) in [5.41, 5.74) is 6.54. The predicted octanol–water partition coefficient (Wildman–Crippen LogP) is -0.410. The molecule has 18 heavy (non-hydrogen) atoms. The van der Waals surface area contributed by atoms with Crippen molar-refractivity contribution in [1.82, 2.24) is 4.90 Å². The van der Waals surface area contributed by atoms with Crippen LogP contribution in [0.2, 0.25) is 0 Å². The van der Waals surface area contributed by atoms with Crippen molar-refractivity contribution < 1.29 is 19.5 Å². The number of carboxylic acids is 1. The maximum Gasteiger partial charge on any atom is 0.353 e. The summed E-state index contributed by atoms with van der Waals surface area (Å²) in [6.45, 7) is 1.65. The monoisotopic (exact) mass is 271 g/mol. The number of β-lactam (4-membered cyclic amide) rings is 1. The van der Waals surface area contributed by atoms with Gasteiger partial charge in [-0.3, -0.25) is 9.69 Å². The van der Waals surface area contributed by atoms with E-state index in [1.165, 1.54) is 23.8 Å². The number of carbonyl (C=O) groups excluding carboxylic acids is 1. The average Bonchev–Trinajstić information content (AvgIpc) is 2.36. The molecule has 1 saturated heterocycles. The minimum Gasteiger partial charge on any atom is -0.477 e. The Hall–Kier alpha value is -1.54. The largest absolute Gasteiger partial charge is 0.477 e. The second-order valence-electron chi connectivity index (χ2n) is 3.93. The second-order valence-corrected chi connectivity index (χ2v) is 5.03. The second kappa shape index (κ2) is 4.62. The first-order valence-corrected chi connectivity index (χ1v) is 6.28. The summed E-state index contributed by atoms with van der Waals surface area (Å²) >= 11 is 1.43. The molecule has 0 spiro atoms. The summed E-state index contributed by atoms with van der Waals surface area (Å²) in [6, 6.07) is -0.620. The smallest absolute Gasteiger partial charge is 0.353 e. The standard InChI is InChI=1S/C10H13N3O4S/c1-4(12-17-2)5-3-18-9-6(11)8(14)13(9)7(5)10(15)16/h6,9H,3,11H2,1-2H3,(H,15,16)/t6-,9+/m1/s1. The Morgan fingerprint density at radius 3 is 2.89 bits per heavy atom.